The molecule has 0 bridgehead atoms. The molecule has 1 heterocycles. The van der Waals surface area contributed by atoms with Crippen molar-refractivity contribution in [1.82, 2.24) is 15.2 Å². The van der Waals surface area contributed by atoms with Crippen molar-refractivity contribution in [3.05, 3.63) is 30.1 Å². The highest BCUT2D eigenvalue weighted by atomic mass is 16.2. The lowest BCUT2D eigenvalue weighted by atomic mass is 10.2. The van der Waals surface area contributed by atoms with E-state index in [4.69, 9.17) is 0 Å². The highest BCUT2D eigenvalue weighted by Crippen LogP contribution is 2.17. The molecule has 0 radical (unpaired) electrons. The molecule has 1 aliphatic carbocycles. The lowest BCUT2D eigenvalue weighted by Gasteiger charge is -2.19. The van der Waals surface area contributed by atoms with Crippen molar-refractivity contribution < 1.29 is 4.79 Å². The second-order valence-corrected chi connectivity index (χ2v) is 4.97. The van der Waals surface area contributed by atoms with Crippen LogP contribution in [-0.2, 0) is 11.3 Å². The van der Waals surface area contributed by atoms with Crippen LogP contribution in [0.4, 0.5) is 0 Å². The van der Waals surface area contributed by atoms with Gasteiger partial charge in [-0.25, -0.2) is 0 Å². The summed E-state index contributed by atoms with van der Waals surface area (Å²) >= 11 is 0. The molecule has 1 aromatic heterocycles. The number of carbonyl (C=O) groups excluding carboxylic acids is 1. The molecule has 4 nitrogen and oxygen atoms in total. The van der Waals surface area contributed by atoms with Gasteiger partial charge in [-0.15, -0.1) is 0 Å². The maximum atomic E-state index is 11.9. The van der Waals surface area contributed by atoms with Gasteiger partial charge >= 0.3 is 0 Å². The predicted octanol–water partition coefficient (Wildman–Crippen LogP) is 1.57. The summed E-state index contributed by atoms with van der Waals surface area (Å²) < 4.78 is 0. The summed E-state index contributed by atoms with van der Waals surface area (Å²) in [4.78, 5) is 17.7. The molecule has 1 N–H and O–H groups in total. The van der Waals surface area contributed by atoms with E-state index in [0.29, 0.717) is 19.1 Å². The quantitative estimate of drug-likeness (QED) is 0.859. The van der Waals surface area contributed by atoms with Gasteiger partial charge in [-0.2, -0.15) is 0 Å². The molecule has 0 atom stereocenters. The van der Waals surface area contributed by atoms with Crippen LogP contribution >= 0.6 is 0 Å². The fourth-order valence-electron chi connectivity index (χ4n) is 2.35. The summed E-state index contributed by atoms with van der Waals surface area (Å²) in [6.45, 7) is 1.07. The van der Waals surface area contributed by atoms with Crippen molar-refractivity contribution in [2.24, 2.45) is 0 Å². The van der Waals surface area contributed by atoms with E-state index in [1.807, 2.05) is 19.2 Å². The molecule has 1 amide bonds. The van der Waals surface area contributed by atoms with E-state index in [2.05, 4.69) is 10.3 Å². The third kappa shape index (κ3) is 3.81. The molecule has 0 saturated heterocycles. The van der Waals surface area contributed by atoms with Crippen LogP contribution in [0, 0.1) is 0 Å². The number of rotatable bonds is 5. The average Bonchev–Trinajstić information content (AvgIpc) is 2.90. The van der Waals surface area contributed by atoms with Crippen molar-refractivity contribution >= 4 is 5.91 Å². The van der Waals surface area contributed by atoms with E-state index >= 15 is 0 Å². The average molecular weight is 247 g/mol. The predicted molar refractivity (Wildman–Crippen MR) is 71.0 cm³/mol. The number of hydrogen-bond acceptors (Lipinski definition) is 3. The van der Waals surface area contributed by atoms with Crippen molar-refractivity contribution in [3.63, 3.8) is 0 Å². The molecule has 0 aromatic carbocycles. The molecule has 1 fully saturated rings. The van der Waals surface area contributed by atoms with Crippen LogP contribution in [0.25, 0.3) is 0 Å². The van der Waals surface area contributed by atoms with Gasteiger partial charge in [0.1, 0.15) is 0 Å². The highest BCUT2D eigenvalue weighted by molar-refractivity contribution is 5.78. The van der Waals surface area contributed by atoms with Crippen LogP contribution in [0.5, 0.6) is 0 Å². The first kappa shape index (κ1) is 13.0. The lowest BCUT2D eigenvalue weighted by molar-refractivity contribution is -0.129. The van der Waals surface area contributed by atoms with E-state index in [1.165, 1.54) is 25.7 Å². The lowest BCUT2D eigenvalue weighted by Crippen LogP contribution is -2.38. The molecular weight excluding hydrogens is 226 g/mol. The number of aromatic nitrogens is 1. The standard InChI is InChI=1S/C14H21N3O/c1-17(11-12-5-4-8-15-9-12)14(18)10-16-13-6-2-3-7-13/h4-5,8-9,13,16H,2-3,6-7,10-11H2,1H3. The van der Waals surface area contributed by atoms with Crippen LogP contribution < -0.4 is 5.32 Å². The summed E-state index contributed by atoms with van der Waals surface area (Å²) in [6.07, 6.45) is 8.54. The van der Waals surface area contributed by atoms with Crippen molar-refractivity contribution in [3.8, 4) is 0 Å². The summed E-state index contributed by atoms with van der Waals surface area (Å²) in [5.41, 5.74) is 1.06. The molecular formula is C14H21N3O. The maximum Gasteiger partial charge on any atom is 0.236 e. The van der Waals surface area contributed by atoms with Gasteiger partial charge in [0.05, 0.1) is 6.54 Å². The number of carbonyl (C=O) groups is 1. The van der Waals surface area contributed by atoms with Gasteiger partial charge < -0.3 is 10.2 Å². The van der Waals surface area contributed by atoms with Crippen LogP contribution in [-0.4, -0.2) is 35.4 Å². The second-order valence-electron chi connectivity index (χ2n) is 4.97. The number of nitrogens with one attached hydrogen (secondary N) is 1. The third-order valence-corrected chi connectivity index (χ3v) is 3.47. The van der Waals surface area contributed by atoms with Gasteiger partial charge in [0.15, 0.2) is 0 Å². The Morgan fingerprint density at radius 3 is 2.94 bits per heavy atom. The molecule has 1 aromatic rings. The summed E-state index contributed by atoms with van der Waals surface area (Å²) in [5.74, 6) is 0.144. The Bertz CT molecular complexity index is 374. The van der Waals surface area contributed by atoms with E-state index in [-0.39, 0.29) is 5.91 Å². The Morgan fingerprint density at radius 2 is 2.28 bits per heavy atom. The number of hydrogen-bond donors (Lipinski definition) is 1. The second kappa shape index (κ2) is 6.50. The molecule has 1 aliphatic rings. The Morgan fingerprint density at radius 1 is 1.50 bits per heavy atom. The summed E-state index contributed by atoms with van der Waals surface area (Å²) in [5, 5.41) is 3.34. The van der Waals surface area contributed by atoms with E-state index < -0.39 is 0 Å². The fourth-order valence-corrected chi connectivity index (χ4v) is 2.35. The third-order valence-electron chi connectivity index (χ3n) is 3.47. The van der Waals surface area contributed by atoms with Crippen LogP contribution in [0.15, 0.2) is 24.5 Å². The van der Waals surface area contributed by atoms with Gasteiger partial charge in [0, 0.05) is 32.0 Å². The van der Waals surface area contributed by atoms with Crippen molar-refractivity contribution in [2.45, 2.75) is 38.3 Å². The zero-order valence-corrected chi connectivity index (χ0v) is 10.9. The van der Waals surface area contributed by atoms with Crippen LogP contribution in [0.1, 0.15) is 31.2 Å². The SMILES string of the molecule is CN(Cc1cccnc1)C(=O)CNC1CCCC1. The number of likely N-dealkylation sites (N-methyl/N-ethyl adjacent to an activating group) is 1. The van der Waals surface area contributed by atoms with Gasteiger partial charge in [0.25, 0.3) is 0 Å². The van der Waals surface area contributed by atoms with Gasteiger partial charge in [-0.05, 0) is 24.5 Å². The number of pyridine rings is 1. The zero-order chi connectivity index (χ0) is 12.8. The first-order valence-corrected chi connectivity index (χ1v) is 6.62. The summed E-state index contributed by atoms with van der Waals surface area (Å²) in [6, 6.07) is 4.42. The number of amides is 1. The minimum absolute atomic E-state index is 0.144. The van der Waals surface area contributed by atoms with E-state index in [9.17, 15) is 4.79 Å². The zero-order valence-electron chi connectivity index (χ0n) is 10.9. The van der Waals surface area contributed by atoms with E-state index in [0.717, 1.165) is 5.56 Å². The molecule has 0 unspecified atom stereocenters. The molecule has 2 rings (SSSR count). The van der Waals surface area contributed by atoms with Crippen LogP contribution in [0.3, 0.4) is 0 Å². The van der Waals surface area contributed by atoms with Crippen LogP contribution in [0.2, 0.25) is 0 Å². The molecule has 0 spiro atoms. The number of nitrogens with zero attached hydrogens (tertiary/aromatic N) is 2. The Kier molecular flexibility index (Phi) is 4.70. The monoisotopic (exact) mass is 247 g/mol. The minimum atomic E-state index is 0.144. The normalized spacial score (nSPS) is 15.8. The van der Waals surface area contributed by atoms with Crippen molar-refractivity contribution in [2.75, 3.05) is 13.6 Å². The maximum absolute atomic E-state index is 11.9. The molecule has 1 saturated carbocycles. The van der Waals surface area contributed by atoms with Crippen molar-refractivity contribution in [1.29, 1.82) is 0 Å². The minimum Gasteiger partial charge on any atom is -0.340 e. The first-order chi connectivity index (χ1) is 8.75. The fraction of sp³-hybridized carbons (Fsp3) is 0.571. The molecule has 4 heteroatoms. The van der Waals surface area contributed by atoms with Gasteiger partial charge in [-0.1, -0.05) is 18.9 Å². The summed E-state index contributed by atoms with van der Waals surface area (Å²) in [7, 11) is 1.84. The van der Waals surface area contributed by atoms with E-state index in [1.54, 1.807) is 17.3 Å². The smallest absolute Gasteiger partial charge is 0.236 e. The first-order valence-electron chi connectivity index (χ1n) is 6.62. The largest absolute Gasteiger partial charge is 0.340 e. The molecule has 98 valence electrons. The topological polar surface area (TPSA) is 45.2 Å². The Labute approximate surface area is 108 Å². The molecule has 18 heavy (non-hydrogen) atoms. The van der Waals surface area contributed by atoms with Gasteiger partial charge in [-0.3, -0.25) is 9.78 Å². The Hall–Kier alpha value is -1.42. The highest BCUT2D eigenvalue weighted by Gasteiger charge is 2.16. The van der Waals surface area contributed by atoms with Gasteiger partial charge in [0.2, 0.25) is 5.91 Å². The Balaban J connectivity index is 1.74. The molecule has 0 aliphatic heterocycles.